The van der Waals surface area contributed by atoms with E-state index in [9.17, 15) is 14.0 Å². The number of benzene rings is 2. The number of amides is 1. The molecule has 2 atom stereocenters. The topological polar surface area (TPSA) is 55.8 Å². The number of halogens is 2. The van der Waals surface area contributed by atoms with Crippen LogP contribution >= 0.6 is 11.6 Å². The standard InChI is InChI=1S/C22H23ClFNO4/c1-14-11-15(7-9-17(14)23)8-10-21(26)25-13-16(12-19(25)22(27)28-2)29-20-6-4-3-5-18(20)24/h3-7,9,11,16,19H,8,10,12-13H2,1-2H3/t16-,19-/m1/s1. The summed E-state index contributed by atoms with van der Waals surface area (Å²) in [7, 11) is 1.28. The minimum absolute atomic E-state index is 0.104. The number of hydrogen-bond donors (Lipinski definition) is 0. The molecule has 2 aromatic carbocycles. The second-order valence-corrected chi connectivity index (χ2v) is 7.48. The zero-order valence-electron chi connectivity index (χ0n) is 16.4. The van der Waals surface area contributed by atoms with Crippen LogP contribution in [0, 0.1) is 12.7 Å². The van der Waals surface area contributed by atoms with E-state index in [-0.39, 0.29) is 31.0 Å². The lowest BCUT2D eigenvalue weighted by Crippen LogP contribution is -2.41. The lowest BCUT2D eigenvalue weighted by atomic mass is 10.1. The van der Waals surface area contributed by atoms with Crippen LogP contribution in [-0.4, -0.2) is 42.6 Å². The number of nitrogens with zero attached hydrogens (tertiary/aromatic N) is 1. The first-order valence-corrected chi connectivity index (χ1v) is 9.80. The Kier molecular flexibility index (Phi) is 6.75. The Morgan fingerprint density at radius 2 is 2.00 bits per heavy atom. The average Bonchev–Trinajstić information content (AvgIpc) is 3.14. The van der Waals surface area contributed by atoms with E-state index in [1.165, 1.54) is 24.1 Å². The summed E-state index contributed by atoms with van der Waals surface area (Å²) in [6.07, 6.45) is 0.533. The highest BCUT2D eigenvalue weighted by Gasteiger charge is 2.41. The number of aryl methyl sites for hydroxylation is 2. The summed E-state index contributed by atoms with van der Waals surface area (Å²) < 4.78 is 24.4. The van der Waals surface area contributed by atoms with Gasteiger partial charge in [0.2, 0.25) is 5.91 Å². The van der Waals surface area contributed by atoms with Crippen LogP contribution in [-0.2, 0) is 20.7 Å². The highest BCUT2D eigenvalue weighted by Crippen LogP contribution is 2.26. The molecule has 1 aliphatic rings. The Morgan fingerprint density at radius 3 is 2.69 bits per heavy atom. The first-order chi connectivity index (χ1) is 13.9. The van der Waals surface area contributed by atoms with Crippen molar-refractivity contribution in [3.05, 3.63) is 64.4 Å². The van der Waals surface area contributed by atoms with Crippen LogP contribution < -0.4 is 4.74 Å². The lowest BCUT2D eigenvalue weighted by molar-refractivity contribution is -0.150. The van der Waals surface area contributed by atoms with Crippen LogP contribution in [0.3, 0.4) is 0 Å². The van der Waals surface area contributed by atoms with E-state index >= 15 is 0 Å². The number of rotatable bonds is 6. The zero-order valence-corrected chi connectivity index (χ0v) is 17.1. The van der Waals surface area contributed by atoms with Crippen molar-refractivity contribution in [3.63, 3.8) is 0 Å². The minimum atomic E-state index is -0.740. The van der Waals surface area contributed by atoms with Crippen molar-refractivity contribution in [2.24, 2.45) is 0 Å². The van der Waals surface area contributed by atoms with Crippen molar-refractivity contribution >= 4 is 23.5 Å². The number of hydrogen-bond acceptors (Lipinski definition) is 4. The Bertz CT molecular complexity index is 904. The zero-order chi connectivity index (χ0) is 21.0. The fourth-order valence-corrected chi connectivity index (χ4v) is 3.61. The molecule has 29 heavy (non-hydrogen) atoms. The van der Waals surface area contributed by atoms with E-state index in [2.05, 4.69) is 0 Å². The average molecular weight is 420 g/mol. The predicted molar refractivity (Wildman–Crippen MR) is 107 cm³/mol. The molecule has 1 aliphatic heterocycles. The second-order valence-electron chi connectivity index (χ2n) is 7.07. The van der Waals surface area contributed by atoms with Crippen molar-refractivity contribution < 1.29 is 23.5 Å². The molecular weight excluding hydrogens is 397 g/mol. The Labute approximate surface area is 174 Å². The Morgan fingerprint density at radius 1 is 1.24 bits per heavy atom. The number of para-hydroxylation sites is 1. The van der Waals surface area contributed by atoms with Gasteiger partial charge in [-0.25, -0.2) is 9.18 Å². The molecule has 0 aromatic heterocycles. The summed E-state index contributed by atoms with van der Waals surface area (Å²) >= 11 is 6.04. The third kappa shape index (κ3) is 5.07. The molecule has 1 heterocycles. The Hall–Kier alpha value is -2.60. The molecule has 5 nitrogen and oxygen atoms in total. The molecule has 0 radical (unpaired) electrons. The van der Waals surface area contributed by atoms with Gasteiger partial charge in [-0.15, -0.1) is 0 Å². The number of carbonyl (C=O) groups excluding carboxylic acids is 2. The molecule has 154 valence electrons. The lowest BCUT2D eigenvalue weighted by Gasteiger charge is -2.22. The summed E-state index contributed by atoms with van der Waals surface area (Å²) in [4.78, 5) is 26.5. The van der Waals surface area contributed by atoms with Gasteiger partial charge in [-0.2, -0.15) is 0 Å². The molecule has 0 aliphatic carbocycles. The van der Waals surface area contributed by atoms with Gasteiger partial charge < -0.3 is 14.4 Å². The molecule has 0 unspecified atom stereocenters. The highest BCUT2D eigenvalue weighted by atomic mass is 35.5. The van der Waals surface area contributed by atoms with Gasteiger partial charge in [-0.05, 0) is 42.7 Å². The largest absolute Gasteiger partial charge is 0.485 e. The van der Waals surface area contributed by atoms with E-state index in [1.54, 1.807) is 12.1 Å². The molecule has 2 aromatic rings. The molecule has 0 bridgehead atoms. The molecular formula is C22H23ClFNO4. The maximum Gasteiger partial charge on any atom is 0.328 e. The Balaban J connectivity index is 1.67. The smallest absolute Gasteiger partial charge is 0.328 e. The third-order valence-electron chi connectivity index (χ3n) is 5.04. The SMILES string of the molecule is COC(=O)[C@H]1C[C@@H](Oc2ccccc2F)CN1C(=O)CCc1ccc(Cl)c(C)c1. The fourth-order valence-electron chi connectivity index (χ4n) is 3.49. The number of likely N-dealkylation sites (tertiary alicyclic amines) is 1. The molecule has 0 saturated carbocycles. The van der Waals surface area contributed by atoms with Gasteiger partial charge in [0.25, 0.3) is 0 Å². The van der Waals surface area contributed by atoms with Gasteiger partial charge in [0.05, 0.1) is 13.7 Å². The molecule has 1 fully saturated rings. The first kappa shape index (κ1) is 21.1. The number of ether oxygens (including phenoxy) is 2. The summed E-state index contributed by atoms with van der Waals surface area (Å²) in [5, 5.41) is 0.679. The van der Waals surface area contributed by atoms with E-state index in [0.29, 0.717) is 11.4 Å². The van der Waals surface area contributed by atoms with Crippen molar-refractivity contribution in [1.29, 1.82) is 0 Å². The quantitative estimate of drug-likeness (QED) is 0.665. The molecule has 0 spiro atoms. The van der Waals surface area contributed by atoms with Crippen molar-refractivity contribution in [3.8, 4) is 5.75 Å². The van der Waals surface area contributed by atoms with E-state index in [1.807, 2.05) is 25.1 Å². The maximum absolute atomic E-state index is 13.9. The molecule has 1 saturated heterocycles. The number of methoxy groups -OCH3 is 1. The van der Waals surface area contributed by atoms with Gasteiger partial charge in [-0.3, -0.25) is 4.79 Å². The molecule has 0 N–H and O–H groups in total. The van der Waals surface area contributed by atoms with Crippen molar-refractivity contribution in [2.45, 2.75) is 38.3 Å². The van der Waals surface area contributed by atoms with E-state index in [0.717, 1.165) is 11.1 Å². The van der Waals surface area contributed by atoms with Gasteiger partial charge >= 0.3 is 5.97 Å². The van der Waals surface area contributed by atoms with E-state index < -0.39 is 23.9 Å². The van der Waals surface area contributed by atoms with E-state index in [4.69, 9.17) is 21.1 Å². The fraction of sp³-hybridized carbons (Fsp3) is 0.364. The normalized spacial score (nSPS) is 18.6. The van der Waals surface area contributed by atoms with Crippen LogP contribution in [0.5, 0.6) is 5.75 Å². The summed E-state index contributed by atoms with van der Waals surface area (Å²) in [5.41, 5.74) is 1.94. The highest BCUT2D eigenvalue weighted by molar-refractivity contribution is 6.31. The van der Waals surface area contributed by atoms with Crippen LogP contribution in [0.4, 0.5) is 4.39 Å². The van der Waals surface area contributed by atoms with Crippen molar-refractivity contribution in [1.82, 2.24) is 4.90 Å². The van der Waals surface area contributed by atoms with Crippen molar-refractivity contribution in [2.75, 3.05) is 13.7 Å². The van der Waals surface area contributed by atoms with Gasteiger partial charge in [0.15, 0.2) is 11.6 Å². The predicted octanol–water partition coefficient (Wildman–Crippen LogP) is 3.94. The monoisotopic (exact) mass is 419 g/mol. The van der Waals surface area contributed by atoms with Gasteiger partial charge in [0, 0.05) is 17.9 Å². The minimum Gasteiger partial charge on any atom is -0.485 e. The van der Waals surface area contributed by atoms with Gasteiger partial charge in [0.1, 0.15) is 12.1 Å². The summed E-state index contributed by atoms with van der Waals surface area (Å²) in [6.45, 7) is 2.11. The second kappa shape index (κ2) is 9.27. The number of esters is 1. The molecule has 1 amide bonds. The van der Waals surface area contributed by atoms with Crippen LogP contribution in [0.1, 0.15) is 24.0 Å². The number of carbonyl (C=O) groups is 2. The maximum atomic E-state index is 13.9. The van der Waals surface area contributed by atoms with Crippen LogP contribution in [0.2, 0.25) is 5.02 Å². The first-order valence-electron chi connectivity index (χ1n) is 9.42. The molecule has 3 rings (SSSR count). The summed E-state index contributed by atoms with van der Waals surface area (Å²) in [5.74, 6) is -1.05. The van der Waals surface area contributed by atoms with Gasteiger partial charge in [-0.1, -0.05) is 35.9 Å². The summed E-state index contributed by atoms with van der Waals surface area (Å²) in [6, 6.07) is 11.0. The van der Waals surface area contributed by atoms with Crippen LogP contribution in [0.15, 0.2) is 42.5 Å². The third-order valence-corrected chi connectivity index (χ3v) is 5.46. The van der Waals surface area contributed by atoms with Crippen LogP contribution in [0.25, 0.3) is 0 Å². The molecule has 7 heteroatoms.